The third-order valence-corrected chi connectivity index (χ3v) is 3.78. The van der Waals surface area contributed by atoms with E-state index >= 15 is 0 Å². The fourth-order valence-electron chi connectivity index (χ4n) is 2.48. The van der Waals surface area contributed by atoms with Gasteiger partial charge in [-0.05, 0) is 31.5 Å². The van der Waals surface area contributed by atoms with Gasteiger partial charge in [0.05, 0.1) is 18.7 Å². The molecule has 25 heavy (non-hydrogen) atoms. The molecule has 0 bridgehead atoms. The molecule has 5 heteroatoms. The number of likely N-dealkylation sites (N-methyl/N-ethyl adjacent to an activating group) is 1. The molecular formula is C20H24N2O3. The Morgan fingerprint density at radius 2 is 1.68 bits per heavy atom. The fourth-order valence-corrected chi connectivity index (χ4v) is 2.48. The minimum Gasteiger partial charge on any atom is -0.493 e. The standard InChI is InChI=1S/C20H24N2O3/c1-3-22(15-16-10-6-5-7-11-16)19(23)14-21-20(24)17-12-8-9-13-18(17)25-4-2/h5-13H,3-4,14-15H2,1-2H3,(H,21,24). The number of amides is 2. The molecule has 0 spiro atoms. The Labute approximate surface area is 148 Å². The van der Waals surface area contributed by atoms with Gasteiger partial charge < -0.3 is 15.0 Å². The van der Waals surface area contributed by atoms with E-state index in [-0.39, 0.29) is 18.4 Å². The van der Waals surface area contributed by atoms with Gasteiger partial charge in [-0.25, -0.2) is 0 Å². The predicted molar refractivity (Wildman–Crippen MR) is 97.5 cm³/mol. The summed E-state index contributed by atoms with van der Waals surface area (Å²) in [5.74, 6) is 0.0911. The van der Waals surface area contributed by atoms with Gasteiger partial charge in [0, 0.05) is 13.1 Å². The van der Waals surface area contributed by atoms with Gasteiger partial charge >= 0.3 is 0 Å². The van der Waals surface area contributed by atoms with Crippen LogP contribution in [0.4, 0.5) is 0 Å². The lowest BCUT2D eigenvalue weighted by Crippen LogP contribution is -2.39. The largest absolute Gasteiger partial charge is 0.493 e. The molecule has 0 saturated heterocycles. The third kappa shape index (κ3) is 5.35. The number of nitrogens with zero attached hydrogens (tertiary/aromatic N) is 1. The van der Waals surface area contributed by atoms with Crippen LogP contribution in [0, 0.1) is 0 Å². The van der Waals surface area contributed by atoms with Crippen LogP contribution in [0.5, 0.6) is 5.75 Å². The van der Waals surface area contributed by atoms with Crippen LogP contribution in [-0.2, 0) is 11.3 Å². The van der Waals surface area contributed by atoms with Gasteiger partial charge in [0.25, 0.3) is 5.91 Å². The van der Waals surface area contributed by atoms with Crippen molar-refractivity contribution in [3.63, 3.8) is 0 Å². The molecular weight excluding hydrogens is 316 g/mol. The number of rotatable bonds is 8. The van der Waals surface area contributed by atoms with Crippen molar-refractivity contribution in [2.24, 2.45) is 0 Å². The lowest BCUT2D eigenvalue weighted by atomic mass is 10.2. The van der Waals surface area contributed by atoms with E-state index in [0.717, 1.165) is 5.56 Å². The number of hydrogen-bond acceptors (Lipinski definition) is 3. The zero-order chi connectivity index (χ0) is 18.1. The van der Waals surface area contributed by atoms with Crippen LogP contribution in [0.3, 0.4) is 0 Å². The summed E-state index contributed by atoms with van der Waals surface area (Å²) in [6, 6.07) is 16.8. The molecule has 2 aromatic carbocycles. The SMILES string of the molecule is CCOc1ccccc1C(=O)NCC(=O)N(CC)Cc1ccccc1. The highest BCUT2D eigenvalue weighted by atomic mass is 16.5. The van der Waals surface area contributed by atoms with E-state index in [0.29, 0.717) is 31.0 Å². The first-order valence-electron chi connectivity index (χ1n) is 8.47. The molecule has 0 heterocycles. The van der Waals surface area contributed by atoms with Crippen molar-refractivity contribution >= 4 is 11.8 Å². The molecule has 2 aromatic rings. The third-order valence-electron chi connectivity index (χ3n) is 3.78. The van der Waals surface area contributed by atoms with E-state index in [1.54, 1.807) is 23.1 Å². The molecule has 2 amide bonds. The molecule has 0 saturated carbocycles. The molecule has 1 N–H and O–H groups in total. The highest BCUT2D eigenvalue weighted by molar-refractivity contribution is 5.98. The van der Waals surface area contributed by atoms with Crippen LogP contribution in [0.1, 0.15) is 29.8 Å². The summed E-state index contributed by atoms with van der Waals surface area (Å²) >= 11 is 0. The van der Waals surface area contributed by atoms with Gasteiger partial charge in [0.15, 0.2) is 0 Å². The lowest BCUT2D eigenvalue weighted by molar-refractivity contribution is -0.130. The molecule has 2 rings (SSSR count). The predicted octanol–water partition coefficient (Wildman–Crippen LogP) is 2.86. The number of nitrogens with one attached hydrogen (secondary N) is 1. The summed E-state index contributed by atoms with van der Waals surface area (Å²) < 4.78 is 5.46. The smallest absolute Gasteiger partial charge is 0.255 e. The van der Waals surface area contributed by atoms with E-state index in [1.165, 1.54) is 0 Å². The zero-order valence-electron chi connectivity index (χ0n) is 14.7. The molecule has 0 aromatic heterocycles. The van der Waals surface area contributed by atoms with Crippen LogP contribution in [0.2, 0.25) is 0 Å². The Kier molecular flexibility index (Phi) is 7.01. The number of carbonyl (C=O) groups is 2. The van der Waals surface area contributed by atoms with Gasteiger partial charge in [-0.3, -0.25) is 9.59 Å². The molecule has 5 nitrogen and oxygen atoms in total. The molecule has 0 radical (unpaired) electrons. The summed E-state index contributed by atoms with van der Waals surface area (Å²) in [4.78, 5) is 26.5. The zero-order valence-corrected chi connectivity index (χ0v) is 14.7. The average molecular weight is 340 g/mol. The first-order chi connectivity index (χ1) is 12.2. The summed E-state index contributed by atoms with van der Waals surface area (Å²) in [6.07, 6.45) is 0. The second-order valence-corrected chi connectivity index (χ2v) is 5.51. The van der Waals surface area contributed by atoms with Gasteiger partial charge in [0.1, 0.15) is 5.75 Å². The highest BCUT2D eigenvalue weighted by Gasteiger charge is 2.16. The molecule has 0 aliphatic heterocycles. The quantitative estimate of drug-likeness (QED) is 0.804. The Morgan fingerprint density at radius 1 is 1.00 bits per heavy atom. The maximum atomic E-state index is 12.4. The second-order valence-electron chi connectivity index (χ2n) is 5.51. The summed E-state index contributed by atoms with van der Waals surface area (Å²) in [7, 11) is 0. The number of ether oxygens (including phenoxy) is 1. The number of para-hydroxylation sites is 1. The van der Waals surface area contributed by atoms with Gasteiger partial charge in [-0.15, -0.1) is 0 Å². The van der Waals surface area contributed by atoms with Crippen molar-refractivity contribution in [1.29, 1.82) is 0 Å². The molecule has 0 aliphatic rings. The monoisotopic (exact) mass is 340 g/mol. The molecule has 0 unspecified atom stereocenters. The van der Waals surface area contributed by atoms with Crippen LogP contribution >= 0.6 is 0 Å². The molecule has 0 atom stereocenters. The topological polar surface area (TPSA) is 58.6 Å². The first kappa shape index (κ1) is 18.5. The van der Waals surface area contributed by atoms with E-state index < -0.39 is 0 Å². The summed E-state index contributed by atoms with van der Waals surface area (Å²) in [6.45, 7) is 5.33. The minimum atomic E-state index is -0.312. The second kappa shape index (κ2) is 9.47. The van der Waals surface area contributed by atoms with Crippen LogP contribution in [0.15, 0.2) is 54.6 Å². The Morgan fingerprint density at radius 3 is 2.36 bits per heavy atom. The summed E-state index contributed by atoms with van der Waals surface area (Å²) in [5.41, 5.74) is 1.49. The van der Waals surface area contributed by atoms with E-state index in [2.05, 4.69) is 5.32 Å². The lowest BCUT2D eigenvalue weighted by Gasteiger charge is -2.21. The van der Waals surface area contributed by atoms with Crippen LogP contribution in [-0.4, -0.2) is 36.4 Å². The summed E-state index contributed by atoms with van der Waals surface area (Å²) in [5, 5.41) is 2.69. The maximum Gasteiger partial charge on any atom is 0.255 e. The van der Waals surface area contributed by atoms with Crippen molar-refractivity contribution in [3.8, 4) is 5.75 Å². The minimum absolute atomic E-state index is 0.0417. The molecule has 0 fully saturated rings. The van der Waals surface area contributed by atoms with Gasteiger partial charge in [-0.1, -0.05) is 42.5 Å². The van der Waals surface area contributed by atoms with Crippen molar-refractivity contribution in [1.82, 2.24) is 10.2 Å². The van der Waals surface area contributed by atoms with Crippen LogP contribution in [0.25, 0.3) is 0 Å². The first-order valence-corrected chi connectivity index (χ1v) is 8.47. The van der Waals surface area contributed by atoms with E-state index in [4.69, 9.17) is 4.74 Å². The number of carbonyl (C=O) groups excluding carboxylic acids is 2. The Bertz CT molecular complexity index is 701. The fraction of sp³-hybridized carbons (Fsp3) is 0.300. The molecule has 132 valence electrons. The van der Waals surface area contributed by atoms with E-state index in [1.807, 2.05) is 50.2 Å². The Balaban J connectivity index is 1.95. The van der Waals surface area contributed by atoms with E-state index in [9.17, 15) is 9.59 Å². The van der Waals surface area contributed by atoms with Crippen molar-refractivity contribution < 1.29 is 14.3 Å². The van der Waals surface area contributed by atoms with Crippen molar-refractivity contribution in [2.75, 3.05) is 19.7 Å². The normalized spacial score (nSPS) is 10.2. The van der Waals surface area contributed by atoms with Crippen molar-refractivity contribution in [3.05, 3.63) is 65.7 Å². The van der Waals surface area contributed by atoms with Gasteiger partial charge in [-0.2, -0.15) is 0 Å². The maximum absolute atomic E-state index is 12.4. The average Bonchev–Trinajstić information content (AvgIpc) is 2.65. The molecule has 0 aliphatic carbocycles. The van der Waals surface area contributed by atoms with Gasteiger partial charge in [0.2, 0.25) is 5.91 Å². The highest BCUT2D eigenvalue weighted by Crippen LogP contribution is 2.17. The number of benzene rings is 2. The van der Waals surface area contributed by atoms with Crippen LogP contribution < -0.4 is 10.1 Å². The number of hydrogen-bond donors (Lipinski definition) is 1. The van der Waals surface area contributed by atoms with Crippen molar-refractivity contribution in [2.45, 2.75) is 20.4 Å². The Hall–Kier alpha value is -2.82.